The van der Waals surface area contributed by atoms with Gasteiger partial charge in [-0.1, -0.05) is 174 Å². The molecule has 12 aromatic rings. The molecule has 7 heteroatoms. The molecule has 63 heavy (non-hydrogen) atoms. The molecule has 0 fully saturated rings. The van der Waals surface area contributed by atoms with Gasteiger partial charge in [-0.3, -0.25) is 4.98 Å². The van der Waals surface area contributed by atoms with Gasteiger partial charge in [-0.05, 0) is 39.6 Å². The van der Waals surface area contributed by atoms with Crippen molar-refractivity contribution in [2.45, 2.75) is 5.41 Å². The first-order chi connectivity index (χ1) is 30.8. The van der Waals surface area contributed by atoms with E-state index in [9.17, 15) is 0 Å². The molecule has 0 radical (unpaired) electrons. The number of hydrogen-bond acceptors (Lipinski definition) is 4. The number of fused-ring (bicyclic) bond motifs is 11. The van der Waals surface area contributed by atoms with Gasteiger partial charge >= 0.3 is 21.1 Å². The number of nitrogens with zero attached hydrogens (tertiary/aromatic N) is 5. The van der Waals surface area contributed by atoms with Crippen LogP contribution in [0.15, 0.2) is 200 Å². The SMILES string of the molecule is [Pt+2].[c-]1c(Oc2[c-]c3c(cc2)c2cccc4c2n3-c2ncccc2C4(c2ccccc2)c2ccccc2)ccc2c1c1nc(-c3ccccc3)c(-c3ccccc3)n1c1ncccc21. The summed E-state index contributed by atoms with van der Waals surface area (Å²) in [4.78, 5) is 15.5. The zero-order valence-corrected chi connectivity index (χ0v) is 35.8. The van der Waals surface area contributed by atoms with E-state index >= 15 is 0 Å². The number of rotatable bonds is 6. The second-order valence-corrected chi connectivity index (χ2v) is 15.8. The van der Waals surface area contributed by atoms with E-state index in [0.717, 1.165) is 83.2 Å². The number of ether oxygens (including phenoxy) is 1. The molecule has 5 aromatic heterocycles. The summed E-state index contributed by atoms with van der Waals surface area (Å²) in [6.07, 6.45) is 3.73. The monoisotopic (exact) mass is 986 g/mol. The molecule has 0 amide bonds. The molecule has 0 unspecified atom stereocenters. The quantitative estimate of drug-likeness (QED) is 0.123. The molecule has 7 aromatic carbocycles. The molecule has 1 aliphatic rings. The zero-order chi connectivity index (χ0) is 40.8. The van der Waals surface area contributed by atoms with Crippen LogP contribution in [0.3, 0.4) is 0 Å². The van der Waals surface area contributed by atoms with E-state index in [4.69, 9.17) is 19.7 Å². The van der Waals surface area contributed by atoms with E-state index in [1.807, 2.05) is 48.8 Å². The van der Waals surface area contributed by atoms with Crippen LogP contribution in [0.5, 0.6) is 11.5 Å². The number of para-hydroxylation sites is 1. The minimum atomic E-state index is -0.603. The van der Waals surface area contributed by atoms with Gasteiger partial charge < -0.3 is 13.7 Å². The van der Waals surface area contributed by atoms with Crippen molar-refractivity contribution in [2.75, 3.05) is 0 Å². The fraction of sp³-hybridized carbons (Fsp3) is 0.0179. The minimum absolute atomic E-state index is 0. The molecule has 0 saturated carbocycles. The maximum atomic E-state index is 6.78. The Bertz CT molecular complexity index is 3680. The minimum Gasteiger partial charge on any atom is -0.503 e. The Balaban J connectivity index is 0.00000421. The Morgan fingerprint density at radius 1 is 0.476 bits per heavy atom. The normalized spacial score (nSPS) is 12.8. The van der Waals surface area contributed by atoms with E-state index in [-0.39, 0.29) is 21.1 Å². The fourth-order valence-electron chi connectivity index (χ4n) is 10.0. The van der Waals surface area contributed by atoms with Gasteiger partial charge in [0, 0.05) is 46.1 Å². The fourth-order valence-corrected chi connectivity index (χ4v) is 10.0. The summed E-state index contributed by atoms with van der Waals surface area (Å²) >= 11 is 0. The summed E-state index contributed by atoms with van der Waals surface area (Å²) in [6, 6.07) is 73.0. The van der Waals surface area contributed by atoms with Crippen molar-refractivity contribution in [3.05, 3.63) is 235 Å². The van der Waals surface area contributed by atoms with Crippen LogP contribution >= 0.6 is 0 Å². The van der Waals surface area contributed by atoms with Crippen LogP contribution in [0.2, 0.25) is 0 Å². The molecule has 0 aliphatic carbocycles. The van der Waals surface area contributed by atoms with Crippen molar-refractivity contribution in [2.24, 2.45) is 0 Å². The van der Waals surface area contributed by atoms with Crippen LogP contribution in [-0.4, -0.2) is 23.9 Å². The predicted octanol–water partition coefficient (Wildman–Crippen LogP) is 12.9. The molecule has 0 bridgehead atoms. The van der Waals surface area contributed by atoms with Crippen molar-refractivity contribution in [3.63, 3.8) is 0 Å². The molecular formula is C56H33N5OPt. The summed E-state index contributed by atoms with van der Waals surface area (Å²) < 4.78 is 11.2. The van der Waals surface area contributed by atoms with Gasteiger partial charge in [0.05, 0.1) is 22.5 Å². The largest absolute Gasteiger partial charge is 2.00 e. The maximum absolute atomic E-state index is 6.78. The standard InChI is InChI=1S/C56H33N5O.Pt/c1-5-16-36(17-6-1)50-51(37-18-7-2-8-19-37)61-53-45(25-14-32-57-53)42-30-28-40(34-46(42)54(61)59-50)62-41-29-31-43-44-24-13-26-47-52(44)60(49(43)35-41)55-48(27-15-33-58-55)56(47,38-20-9-3-10-21-38)39-22-11-4-12-23-39;/h1-33H;/q-2;+2. The van der Waals surface area contributed by atoms with Gasteiger partial charge in [0.25, 0.3) is 0 Å². The first-order valence-electron chi connectivity index (χ1n) is 20.8. The number of benzene rings is 7. The smallest absolute Gasteiger partial charge is 0.503 e. The van der Waals surface area contributed by atoms with Crippen LogP contribution in [0.4, 0.5) is 0 Å². The number of aromatic nitrogens is 5. The third kappa shape index (κ3) is 5.38. The Morgan fingerprint density at radius 3 is 1.81 bits per heavy atom. The summed E-state index contributed by atoms with van der Waals surface area (Å²) in [5.74, 6) is 2.01. The van der Waals surface area contributed by atoms with Gasteiger partial charge in [0.2, 0.25) is 0 Å². The van der Waals surface area contributed by atoms with Crippen molar-refractivity contribution in [1.82, 2.24) is 23.9 Å². The third-order valence-corrected chi connectivity index (χ3v) is 12.5. The molecular weight excluding hydrogens is 954 g/mol. The predicted molar refractivity (Wildman–Crippen MR) is 247 cm³/mol. The molecule has 0 spiro atoms. The van der Waals surface area contributed by atoms with Crippen LogP contribution < -0.4 is 4.74 Å². The van der Waals surface area contributed by atoms with E-state index in [0.29, 0.717) is 11.5 Å². The molecule has 13 rings (SSSR count). The summed E-state index contributed by atoms with van der Waals surface area (Å²) in [5.41, 5.74) is 11.6. The molecule has 298 valence electrons. The van der Waals surface area contributed by atoms with E-state index in [1.54, 1.807) is 0 Å². The molecule has 0 saturated heterocycles. The van der Waals surface area contributed by atoms with E-state index < -0.39 is 5.41 Å². The Morgan fingerprint density at radius 2 is 1.08 bits per heavy atom. The summed E-state index contributed by atoms with van der Waals surface area (Å²) in [5, 5.41) is 5.05. The summed E-state index contributed by atoms with van der Waals surface area (Å²) in [6.45, 7) is 0. The van der Waals surface area contributed by atoms with Crippen LogP contribution in [0.1, 0.15) is 22.3 Å². The average Bonchev–Trinajstić information content (AvgIpc) is 3.91. The second-order valence-electron chi connectivity index (χ2n) is 15.8. The van der Waals surface area contributed by atoms with Crippen molar-refractivity contribution in [1.29, 1.82) is 0 Å². The van der Waals surface area contributed by atoms with Crippen LogP contribution in [0.25, 0.3) is 77.6 Å². The van der Waals surface area contributed by atoms with E-state index in [2.05, 4.69) is 173 Å². The first kappa shape index (κ1) is 37.1. The molecule has 0 atom stereocenters. The summed E-state index contributed by atoms with van der Waals surface area (Å²) in [7, 11) is 0. The van der Waals surface area contributed by atoms with Crippen LogP contribution in [-0.2, 0) is 26.5 Å². The second kappa shape index (κ2) is 14.5. The van der Waals surface area contributed by atoms with Gasteiger partial charge in [-0.2, -0.15) is 6.07 Å². The van der Waals surface area contributed by atoms with Crippen molar-refractivity contribution >= 4 is 49.3 Å². The first-order valence-corrected chi connectivity index (χ1v) is 20.8. The van der Waals surface area contributed by atoms with Crippen molar-refractivity contribution < 1.29 is 25.8 Å². The van der Waals surface area contributed by atoms with Crippen molar-refractivity contribution in [3.8, 4) is 39.8 Å². The topological polar surface area (TPSA) is 57.2 Å². The number of imidazole rings is 1. The zero-order valence-electron chi connectivity index (χ0n) is 33.5. The molecule has 6 nitrogen and oxygen atoms in total. The van der Waals surface area contributed by atoms with Crippen LogP contribution in [0, 0.1) is 12.1 Å². The molecule has 0 N–H and O–H groups in total. The average molecular weight is 987 g/mol. The third-order valence-electron chi connectivity index (χ3n) is 12.5. The Kier molecular flexibility index (Phi) is 8.53. The maximum Gasteiger partial charge on any atom is 2.00 e. The Hall–Kier alpha value is -7.66. The van der Waals surface area contributed by atoms with Gasteiger partial charge in [-0.25, -0.2) is 9.97 Å². The van der Waals surface area contributed by atoms with Gasteiger partial charge in [-0.15, -0.1) is 29.7 Å². The number of pyridine rings is 3. The van der Waals surface area contributed by atoms with Gasteiger partial charge in [0.1, 0.15) is 11.5 Å². The Labute approximate surface area is 377 Å². The number of hydrogen-bond donors (Lipinski definition) is 0. The van der Waals surface area contributed by atoms with E-state index in [1.165, 1.54) is 16.7 Å². The van der Waals surface area contributed by atoms with Gasteiger partial charge in [0.15, 0.2) is 0 Å². The molecule has 1 aliphatic heterocycles. The molecule has 6 heterocycles.